The number of rotatable bonds is 7. The fourth-order valence-corrected chi connectivity index (χ4v) is 3.58. The van der Waals surface area contributed by atoms with Crippen molar-refractivity contribution in [1.82, 2.24) is 10.6 Å². The first-order valence-electron chi connectivity index (χ1n) is 9.21. The fourth-order valence-electron chi connectivity index (χ4n) is 3.58. The number of fused-ring (bicyclic) bond motifs is 2. The van der Waals surface area contributed by atoms with Crippen LogP contribution >= 0.6 is 0 Å². The van der Waals surface area contributed by atoms with Crippen LogP contribution in [0.2, 0.25) is 0 Å². The third-order valence-corrected chi connectivity index (χ3v) is 4.70. The van der Waals surface area contributed by atoms with E-state index in [1.165, 1.54) is 18.4 Å². The molecule has 24 heavy (non-hydrogen) atoms. The van der Waals surface area contributed by atoms with Crippen LogP contribution in [0.25, 0.3) is 0 Å². The van der Waals surface area contributed by atoms with Crippen molar-refractivity contribution in [1.29, 1.82) is 0 Å². The van der Waals surface area contributed by atoms with Crippen LogP contribution in [0.1, 0.15) is 38.7 Å². The Kier molecular flexibility index (Phi) is 5.96. The Morgan fingerprint density at radius 3 is 2.88 bits per heavy atom. The maximum atomic E-state index is 5.92. The Morgan fingerprint density at radius 2 is 2.17 bits per heavy atom. The molecule has 2 heterocycles. The number of nitrogens with one attached hydrogen (secondary N) is 2. The summed E-state index contributed by atoms with van der Waals surface area (Å²) < 4.78 is 11.6. The summed E-state index contributed by atoms with van der Waals surface area (Å²) in [5.74, 6) is 1.86. The molecule has 0 aromatic heterocycles. The van der Waals surface area contributed by atoms with Gasteiger partial charge in [-0.05, 0) is 51.2 Å². The molecule has 2 saturated heterocycles. The van der Waals surface area contributed by atoms with Crippen molar-refractivity contribution in [3.63, 3.8) is 0 Å². The Bertz CT molecular complexity index is 561. The second-order valence-electron chi connectivity index (χ2n) is 6.41. The molecule has 3 rings (SSSR count). The zero-order valence-electron chi connectivity index (χ0n) is 14.8. The highest BCUT2D eigenvalue weighted by Crippen LogP contribution is 2.34. The van der Waals surface area contributed by atoms with E-state index in [9.17, 15) is 0 Å². The number of hydrogen-bond donors (Lipinski definition) is 2. The van der Waals surface area contributed by atoms with Gasteiger partial charge in [-0.2, -0.15) is 0 Å². The van der Waals surface area contributed by atoms with Gasteiger partial charge in [0.1, 0.15) is 5.75 Å². The minimum atomic E-state index is 0.359. The maximum Gasteiger partial charge on any atom is 0.191 e. The number of hydrogen-bond acceptors (Lipinski definition) is 3. The predicted octanol–water partition coefficient (Wildman–Crippen LogP) is 2.50. The van der Waals surface area contributed by atoms with Gasteiger partial charge >= 0.3 is 0 Å². The number of benzene rings is 1. The lowest BCUT2D eigenvalue weighted by Gasteiger charge is -2.22. The van der Waals surface area contributed by atoms with E-state index < -0.39 is 0 Å². The summed E-state index contributed by atoms with van der Waals surface area (Å²) >= 11 is 0. The smallest absolute Gasteiger partial charge is 0.191 e. The summed E-state index contributed by atoms with van der Waals surface area (Å²) in [6, 6.07) is 8.61. The Balaban J connectivity index is 1.56. The molecule has 0 aliphatic carbocycles. The summed E-state index contributed by atoms with van der Waals surface area (Å²) in [4.78, 5) is 4.74. The van der Waals surface area contributed by atoms with Crippen molar-refractivity contribution in [3.8, 4) is 5.75 Å². The zero-order chi connectivity index (χ0) is 16.8. The standard InChI is InChI=1S/C19H29N3O2/c1-3-20-19(22-16-13-15-9-10-18(16)24-15)21-12-11-14-7-5-6-8-17(14)23-4-2/h5-8,15-16,18H,3-4,9-13H2,1-2H3,(H2,20,21,22). The summed E-state index contributed by atoms with van der Waals surface area (Å²) in [5, 5.41) is 6.90. The number of para-hydroxylation sites is 1. The SMILES string of the molecule is CCNC(=NCCc1ccccc1OCC)NC1CC2CCC1O2. The van der Waals surface area contributed by atoms with Crippen LogP contribution in [0.4, 0.5) is 0 Å². The number of nitrogens with zero attached hydrogens (tertiary/aromatic N) is 1. The summed E-state index contributed by atoms with van der Waals surface area (Å²) in [5.41, 5.74) is 1.21. The van der Waals surface area contributed by atoms with Crippen molar-refractivity contribution in [2.75, 3.05) is 19.7 Å². The van der Waals surface area contributed by atoms with Gasteiger partial charge in [-0.1, -0.05) is 18.2 Å². The molecular weight excluding hydrogens is 302 g/mol. The second kappa shape index (κ2) is 8.38. The Labute approximate surface area is 144 Å². The average molecular weight is 331 g/mol. The van der Waals surface area contributed by atoms with Gasteiger partial charge in [0.25, 0.3) is 0 Å². The molecule has 5 nitrogen and oxygen atoms in total. The summed E-state index contributed by atoms with van der Waals surface area (Å²) in [7, 11) is 0. The lowest BCUT2D eigenvalue weighted by Crippen LogP contribution is -2.47. The number of aliphatic imine (C=N–C) groups is 1. The largest absolute Gasteiger partial charge is 0.494 e. The lowest BCUT2D eigenvalue weighted by molar-refractivity contribution is 0.0992. The first kappa shape index (κ1) is 17.1. The zero-order valence-corrected chi connectivity index (χ0v) is 14.8. The van der Waals surface area contributed by atoms with Gasteiger partial charge in [0, 0.05) is 13.1 Å². The highest BCUT2D eigenvalue weighted by Gasteiger charge is 2.41. The topological polar surface area (TPSA) is 54.9 Å². The maximum absolute atomic E-state index is 5.92. The quantitative estimate of drug-likeness (QED) is 0.595. The highest BCUT2D eigenvalue weighted by molar-refractivity contribution is 5.80. The third kappa shape index (κ3) is 4.20. The highest BCUT2D eigenvalue weighted by atomic mass is 16.5. The molecule has 1 aromatic rings. The molecule has 3 unspecified atom stereocenters. The van der Waals surface area contributed by atoms with E-state index in [0.29, 0.717) is 24.9 Å². The second-order valence-corrected chi connectivity index (χ2v) is 6.41. The van der Waals surface area contributed by atoms with E-state index in [0.717, 1.165) is 37.6 Å². The van der Waals surface area contributed by atoms with Gasteiger partial charge < -0.3 is 20.1 Å². The van der Waals surface area contributed by atoms with Crippen molar-refractivity contribution < 1.29 is 9.47 Å². The lowest BCUT2D eigenvalue weighted by atomic mass is 9.96. The molecule has 2 N–H and O–H groups in total. The van der Waals surface area contributed by atoms with Gasteiger partial charge in [-0.25, -0.2) is 0 Å². The molecule has 132 valence electrons. The molecule has 3 atom stereocenters. The van der Waals surface area contributed by atoms with E-state index in [-0.39, 0.29) is 0 Å². The molecule has 1 aromatic carbocycles. The molecular formula is C19H29N3O2. The van der Waals surface area contributed by atoms with E-state index >= 15 is 0 Å². The van der Waals surface area contributed by atoms with Gasteiger partial charge in [-0.15, -0.1) is 0 Å². The van der Waals surface area contributed by atoms with Crippen LogP contribution in [0.5, 0.6) is 5.75 Å². The minimum absolute atomic E-state index is 0.359. The van der Waals surface area contributed by atoms with Crippen LogP contribution < -0.4 is 15.4 Å². The summed E-state index contributed by atoms with van der Waals surface area (Å²) in [6.45, 7) is 6.40. The van der Waals surface area contributed by atoms with Crippen LogP contribution in [-0.4, -0.2) is 43.9 Å². The molecule has 2 bridgehead atoms. The van der Waals surface area contributed by atoms with Crippen molar-refractivity contribution in [3.05, 3.63) is 29.8 Å². The predicted molar refractivity (Wildman–Crippen MR) is 96.7 cm³/mol. The van der Waals surface area contributed by atoms with Gasteiger partial charge in [0.2, 0.25) is 0 Å². The minimum Gasteiger partial charge on any atom is -0.494 e. The van der Waals surface area contributed by atoms with Crippen molar-refractivity contribution in [2.45, 2.75) is 57.8 Å². The number of ether oxygens (including phenoxy) is 2. The number of guanidine groups is 1. The van der Waals surface area contributed by atoms with Gasteiger partial charge in [-0.3, -0.25) is 4.99 Å². The van der Waals surface area contributed by atoms with Gasteiger partial charge in [0.15, 0.2) is 5.96 Å². The van der Waals surface area contributed by atoms with E-state index in [1.807, 2.05) is 19.1 Å². The average Bonchev–Trinajstić information content (AvgIpc) is 3.20. The normalized spacial score (nSPS) is 25.8. The first-order chi connectivity index (χ1) is 11.8. The van der Waals surface area contributed by atoms with Crippen LogP contribution in [0.15, 0.2) is 29.3 Å². The van der Waals surface area contributed by atoms with Crippen LogP contribution in [0, 0.1) is 0 Å². The van der Waals surface area contributed by atoms with E-state index in [2.05, 4.69) is 29.7 Å². The third-order valence-electron chi connectivity index (χ3n) is 4.70. The Hall–Kier alpha value is -1.75. The Morgan fingerprint density at radius 1 is 1.29 bits per heavy atom. The molecule has 0 spiro atoms. The molecule has 5 heteroatoms. The molecule has 2 aliphatic rings. The van der Waals surface area contributed by atoms with Crippen molar-refractivity contribution in [2.24, 2.45) is 4.99 Å². The van der Waals surface area contributed by atoms with Crippen molar-refractivity contribution >= 4 is 5.96 Å². The molecule has 0 radical (unpaired) electrons. The van der Waals surface area contributed by atoms with Crippen LogP contribution in [0.3, 0.4) is 0 Å². The fraction of sp³-hybridized carbons (Fsp3) is 0.632. The molecule has 0 saturated carbocycles. The molecule has 2 fully saturated rings. The van der Waals surface area contributed by atoms with Crippen LogP contribution in [-0.2, 0) is 11.2 Å². The van der Waals surface area contributed by atoms with E-state index in [1.54, 1.807) is 0 Å². The molecule has 2 aliphatic heterocycles. The first-order valence-corrected chi connectivity index (χ1v) is 9.21. The monoisotopic (exact) mass is 331 g/mol. The van der Waals surface area contributed by atoms with E-state index in [4.69, 9.17) is 14.5 Å². The van der Waals surface area contributed by atoms with Gasteiger partial charge in [0.05, 0.1) is 24.9 Å². The molecule has 0 amide bonds. The summed E-state index contributed by atoms with van der Waals surface area (Å²) in [6.07, 6.45) is 5.17.